The van der Waals surface area contributed by atoms with Gasteiger partial charge in [-0.3, -0.25) is 9.59 Å². The Morgan fingerprint density at radius 3 is 2.44 bits per heavy atom. The molecule has 1 aliphatic rings. The molecule has 1 N–H and O–H groups in total. The van der Waals surface area contributed by atoms with E-state index in [0.717, 1.165) is 42.4 Å². The molecule has 0 heterocycles. The Hall–Kier alpha value is -2.82. The van der Waals surface area contributed by atoms with E-state index in [0.29, 0.717) is 18.7 Å². The molecule has 0 bridgehead atoms. The van der Waals surface area contributed by atoms with E-state index in [2.05, 4.69) is 32.2 Å². The highest BCUT2D eigenvalue weighted by Crippen LogP contribution is 2.31. The van der Waals surface area contributed by atoms with E-state index >= 15 is 0 Å². The number of ether oxygens (including phenoxy) is 1. The summed E-state index contributed by atoms with van der Waals surface area (Å²) in [6.07, 6.45) is 4.87. The number of aryl methyl sites for hydroxylation is 1. The van der Waals surface area contributed by atoms with Gasteiger partial charge in [-0.05, 0) is 48.8 Å². The maximum absolute atomic E-state index is 13.5. The quantitative estimate of drug-likeness (QED) is 0.530. The maximum atomic E-state index is 13.5. The van der Waals surface area contributed by atoms with Gasteiger partial charge >= 0.3 is 0 Å². The minimum Gasteiger partial charge on any atom is -0.483 e. The number of hydrogen-bond donors (Lipinski definition) is 1. The van der Waals surface area contributed by atoms with Crippen molar-refractivity contribution >= 4 is 11.8 Å². The van der Waals surface area contributed by atoms with Gasteiger partial charge in [-0.1, -0.05) is 88.6 Å². The van der Waals surface area contributed by atoms with Crippen molar-refractivity contribution < 1.29 is 14.3 Å². The number of amides is 2. The molecule has 2 amide bonds. The molecule has 0 aromatic heterocycles. The number of benzene rings is 2. The average Bonchev–Trinajstić information content (AvgIpc) is 3.30. The molecule has 1 atom stereocenters. The summed E-state index contributed by atoms with van der Waals surface area (Å²) in [6, 6.07) is 15.6. The highest BCUT2D eigenvalue weighted by Gasteiger charge is 2.31. The van der Waals surface area contributed by atoms with Crippen molar-refractivity contribution in [3.63, 3.8) is 0 Å². The highest BCUT2D eigenvalue weighted by atomic mass is 16.5. The molecule has 3 rings (SSSR count). The lowest BCUT2D eigenvalue weighted by molar-refractivity contribution is -0.143. The molecule has 34 heavy (non-hydrogen) atoms. The van der Waals surface area contributed by atoms with Crippen LogP contribution in [0, 0.1) is 6.92 Å². The summed E-state index contributed by atoms with van der Waals surface area (Å²) in [5.74, 6) is 0.464. The van der Waals surface area contributed by atoms with Crippen LogP contribution >= 0.6 is 0 Å². The highest BCUT2D eigenvalue weighted by molar-refractivity contribution is 5.88. The molecule has 5 nitrogen and oxygen atoms in total. The van der Waals surface area contributed by atoms with Gasteiger partial charge < -0.3 is 15.0 Å². The van der Waals surface area contributed by atoms with E-state index in [1.54, 1.807) is 4.90 Å². The van der Waals surface area contributed by atoms with Gasteiger partial charge in [-0.25, -0.2) is 0 Å². The van der Waals surface area contributed by atoms with Gasteiger partial charge in [0.2, 0.25) is 5.91 Å². The minimum atomic E-state index is -0.532. The molecule has 0 aliphatic heterocycles. The predicted molar refractivity (Wildman–Crippen MR) is 137 cm³/mol. The number of hydrogen-bond acceptors (Lipinski definition) is 3. The number of para-hydroxylation sites is 1. The van der Waals surface area contributed by atoms with E-state index in [4.69, 9.17) is 4.74 Å². The van der Waals surface area contributed by atoms with E-state index < -0.39 is 6.04 Å². The van der Waals surface area contributed by atoms with E-state index in [1.807, 2.05) is 56.3 Å². The van der Waals surface area contributed by atoms with Crippen molar-refractivity contribution in [2.24, 2.45) is 0 Å². The molecule has 1 saturated carbocycles. The SMILES string of the molecule is CCC(C(=O)NC1CCCC1)N(Cc1cccc(C)c1)C(=O)COc1ccccc1C(C)(C)C. The van der Waals surface area contributed by atoms with Gasteiger partial charge in [-0.2, -0.15) is 0 Å². The summed E-state index contributed by atoms with van der Waals surface area (Å²) >= 11 is 0. The van der Waals surface area contributed by atoms with Crippen LogP contribution in [-0.4, -0.2) is 35.4 Å². The number of rotatable bonds is 9. The lowest BCUT2D eigenvalue weighted by Crippen LogP contribution is -2.52. The van der Waals surface area contributed by atoms with Gasteiger partial charge in [0.1, 0.15) is 11.8 Å². The van der Waals surface area contributed by atoms with Crippen LogP contribution in [-0.2, 0) is 21.5 Å². The lowest BCUT2D eigenvalue weighted by Gasteiger charge is -2.32. The summed E-state index contributed by atoms with van der Waals surface area (Å²) in [6.45, 7) is 10.6. The fourth-order valence-electron chi connectivity index (χ4n) is 4.73. The number of nitrogens with zero attached hydrogens (tertiary/aromatic N) is 1. The molecule has 2 aromatic rings. The van der Waals surface area contributed by atoms with E-state index in [9.17, 15) is 9.59 Å². The molecule has 0 saturated heterocycles. The van der Waals surface area contributed by atoms with Crippen LogP contribution in [0.5, 0.6) is 5.75 Å². The molecule has 2 aromatic carbocycles. The first kappa shape index (κ1) is 25.8. The van der Waals surface area contributed by atoms with Crippen LogP contribution in [0.15, 0.2) is 48.5 Å². The standard InChI is InChI=1S/C29H40N2O3/c1-6-25(28(33)30-23-14-7-8-15-23)31(19-22-13-11-12-21(2)18-22)27(32)20-34-26-17-10-9-16-24(26)29(3,4)5/h9-13,16-18,23,25H,6-8,14-15,19-20H2,1-5H3,(H,30,33). The van der Waals surface area contributed by atoms with Crippen molar-refractivity contribution in [1.29, 1.82) is 0 Å². The summed E-state index contributed by atoms with van der Waals surface area (Å²) < 4.78 is 6.05. The second-order valence-electron chi connectivity index (χ2n) is 10.5. The maximum Gasteiger partial charge on any atom is 0.261 e. The third-order valence-corrected chi connectivity index (χ3v) is 6.57. The fraction of sp³-hybridized carbons (Fsp3) is 0.517. The minimum absolute atomic E-state index is 0.0644. The van der Waals surface area contributed by atoms with Gasteiger partial charge in [0, 0.05) is 12.6 Å². The molecule has 184 valence electrons. The first-order chi connectivity index (χ1) is 16.2. The van der Waals surface area contributed by atoms with Crippen LogP contribution in [0.3, 0.4) is 0 Å². The van der Waals surface area contributed by atoms with Crippen molar-refractivity contribution in [2.45, 2.75) is 90.8 Å². The Kier molecular flexibility index (Phi) is 8.76. The third-order valence-electron chi connectivity index (χ3n) is 6.57. The van der Waals surface area contributed by atoms with Crippen molar-refractivity contribution in [1.82, 2.24) is 10.2 Å². The van der Waals surface area contributed by atoms with E-state index in [-0.39, 0.29) is 29.9 Å². The molecular formula is C29H40N2O3. The first-order valence-electron chi connectivity index (χ1n) is 12.6. The average molecular weight is 465 g/mol. The zero-order valence-electron chi connectivity index (χ0n) is 21.4. The van der Waals surface area contributed by atoms with Gasteiger partial charge in [0.05, 0.1) is 0 Å². The van der Waals surface area contributed by atoms with Crippen molar-refractivity contribution in [3.8, 4) is 5.75 Å². The third kappa shape index (κ3) is 6.85. The largest absolute Gasteiger partial charge is 0.483 e. The van der Waals surface area contributed by atoms with Crippen LogP contribution in [0.25, 0.3) is 0 Å². The van der Waals surface area contributed by atoms with E-state index in [1.165, 1.54) is 0 Å². The summed E-state index contributed by atoms with van der Waals surface area (Å²) in [7, 11) is 0. The van der Waals surface area contributed by atoms with Crippen LogP contribution in [0.2, 0.25) is 0 Å². The molecule has 1 unspecified atom stereocenters. The Labute approximate surface area is 204 Å². The van der Waals surface area contributed by atoms with Gasteiger partial charge in [0.15, 0.2) is 6.61 Å². The fourth-order valence-corrected chi connectivity index (χ4v) is 4.73. The molecular weight excluding hydrogens is 424 g/mol. The lowest BCUT2D eigenvalue weighted by atomic mass is 9.86. The topological polar surface area (TPSA) is 58.6 Å². The zero-order valence-corrected chi connectivity index (χ0v) is 21.4. The molecule has 1 aliphatic carbocycles. The Balaban J connectivity index is 1.80. The van der Waals surface area contributed by atoms with Crippen LogP contribution in [0.1, 0.15) is 76.5 Å². The normalized spacial score (nSPS) is 15.1. The van der Waals surface area contributed by atoms with Crippen LogP contribution < -0.4 is 10.1 Å². The number of carbonyl (C=O) groups excluding carboxylic acids is 2. The predicted octanol–water partition coefficient (Wildman–Crippen LogP) is 5.54. The van der Waals surface area contributed by atoms with Gasteiger partial charge in [0.25, 0.3) is 5.91 Å². The number of carbonyl (C=O) groups is 2. The zero-order chi connectivity index (χ0) is 24.7. The summed E-state index contributed by atoms with van der Waals surface area (Å²) in [4.78, 5) is 28.5. The van der Waals surface area contributed by atoms with Crippen molar-refractivity contribution in [2.75, 3.05) is 6.61 Å². The first-order valence-corrected chi connectivity index (χ1v) is 12.6. The second kappa shape index (κ2) is 11.5. The van der Waals surface area contributed by atoms with Crippen LogP contribution in [0.4, 0.5) is 0 Å². The van der Waals surface area contributed by atoms with Crippen molar-refractivity contribution in [3.05, 3.63) is 65.2 Å². The molecule has 0 spiro atoms. The second-order valence-corrected chi connectivity index (χ2v) is 10.5. The molecule has 0 radical (unpaired) electrons. The Bertz CT molecular complexity index is 973. The monoisotopic (exact) mass is 464 g/mol. The Morgan fingerprint density at radius 1 is 1.09 bits per heavy atom. The Morgan fingerprint density at radius 2 is 1.79 bits per heavy atom. The summed E-state index contributed by atoms with van der Waals surface area (Å²) in [5, 5.41) is 3.19. The molecule has 1 fully saturated rings. The summed E-state index contributed by atoms with van der Waals surface area (Å²) in [5.41, 5.74) is 3.09. The number of nitrogens with one attached hydrogen (secondary N) is 1. The smallest absolute Gasteiger partial charge is 0.261 e. The molecule has 5 heteroatoms. The van der Waals surface area contributed by atoms with Gasteiger partial charge in [-0.15, -0.1) is 0 Å².